The smallest absolute Gasteiger partial charge is 0.159 e. The van der Waals surface area contributed by atoms with Crippen molar-refractivity contribution in [2.75, 3.05) is 0 Å². The van der Waals surface area contributed by atoms with E-state index in [4.69, 9.17) is 4.74 Å². The number of rotatable bonds is 3. The summed E-state index contributed by atoms with van der Waals surface area (Å²) in [6, 6.07) is 2.32. The van der Waals surface area contributed by atoms with E-state index in [1.165, 1.54) is 0 Å². The van der Waals surface area contributed by atoms with Crippen LogP contribution in [0.4, 0.5) is 0 Å². The number of nitriles is 1. The molecule has 0 aromatic rings. The van der Waals surface area contributed by atoms with Gasteiger partial charge in [-0.15, -0.1) is 0 Å². The minimum Gasteiger partial charge on any atom is -0.391 e. The minimum absolute atomic E-state index is 0.120. The first-order valence-electron chi connectivity index (χ1n) is 5.62. The molecular formula is C12H21NO2. The zero-order chi connectivity index (χ0) is 11.7. The van der Waals surface area contributed by atoms with Gasteiger partial charge in [0.2, 0.25) is 0 Å². The van der Waals surface area contributed by atoms with Gasteiger partial charge < -0.3 is 9.84 Å². The lowest BCUT2D eigenvalue weighted by Crippen LogP contribution is -2.45. The number of hydrogen-bond donors (Lipinski definition) is 1. The van der Waals surface area contributed by atoms with E-state index in [9.17, 15) is 10.4 Å². The van der Waals surface area contributed by atoms with E-state index >= 15 is 0 Å². The molecule has 15 heavy (non-hydrogen) atoms. The molecule has 1 aliphatic rings. The third kappa shape index (κ3) is 2.16. The maximum Gasteiger partial charge on any atom is 0.159 e. The Morgan fingerprint density at radius 2 is 1.93 bits per heavy atom. The Bertz CT molecular complexity index is 267. The van der Waals surface area contributed by atoms with Crippen LogP contribution in [-0.4, -0.2) is 22.9 Å². The molecule has 1 rings (SSSR count). The lowest BCUT2D eigenvalue weighted by Gasteiger charge is -2.38. The van der Waals surface area contributed by atoms with Gasteiger partial charge >= 0.3 is 0 Å². The Morgan fingerprint density at radius 1 is 1.33 bits per heavy atom. The van der Waals surface area contributed by atoms with Gasteiger partial charge in [-0.3, -0.25) is 0 Å². The second kappa shape index (κ2) is 4.11. The summed E-state index contributed by atoms with van der Waals surface area (Å²) < 4.78 is 5.81. The van der Waals surface area contributed by atoms with Gasteiger partial charge in [-0.05, 0) is 33.1 Å². The number of ether oxygens (including phenoxy) is 1. The highest BCUT2D eigenvalue weighted by Crippen LogP contribution is 2.48. The summed E-state index contributed by atoms with van der Waals surface area (Å²) in [5, 5.41) is 18.8. The molecule has 1 aliphatic carbocycles. The second-order valence-electron chi connectivity index (χ2n) is 5.24. The zero-order valence-corrected chi connectivity index (χ0v) is 10.1. The lowest BCUT2D eigenvalue weighted by molar-refractivity contribution is -0.132. The van der Waals surface area contributed by atoms with Crippen LogP contribution >= 0.6 is 0 Å². The van der Waals surface area contributed by atoms with Crippen LogP contribution in [0.3, 0.4) is 0 Å². The van der Waals surface area contributed by atoms with E-state index in [0.29, 0.717) is 0 Å². The summed E-state index contributed by atoms with van der Waals surface area (Å²) >= 11 is 0. The molecule has 86 valence electrons. The van der Waals surface area contributed by atoms with Crippen molar-refractivity contribution < 1.29 is 9.84 Å². The third-order valence-electron chi connectivity index (χ3n) is 3.67. The van der Waals surface area contributed by atoms with Gasteiger partial charge in [0.25, 0.3) is 0 Å². The Hall–Kier alpha value is -0.590. The van der Waals surface area contributed by atoms with Crippen LogP contribution in [0.1, 0.15) is 47.0 Å². The summed E-state index contributed by atoms with van der Waals surface area (Å²) in [4.78, 5) is 0. The van der Waals surface area contributed by atoms with Crippen LogP contribution in [0, 0.1) is 16.7 Å². The first-order valence-corrected chi connectivity index (χ1v) is 5.62. The zero-order valence-electron chi connectivity index (χ0n) is 10.1. The molecule has 3 nitrogen and oxygen atoms in total. The third-order valence-corrected chi connectivity index (χ3v) is 3.67. The molecule has 0 aromatic carbocycles. The fraction of sp³-hybridized carbons (Fsp3) is 0.917. The van der Waals surface area contributed by atoms with Gasteiger partial charge in [0, 0.05) is 5.41 Å². The molecule has 0 radical (unpaired) electrons. The van der Waals surface area contributed by atoms with E-state index in [-0.39, 0.29) is 11.5 Å². The Morgan fingerprint density at radius 3 is 2.27 bits per heavy atom. The van der Waals surface area contributed by atoms with Crippen molar-refractivity contribution in [3.8, 4) is 6.07 Å². The van der Waals surface area contributed by atoms with Crippen molar-refractivity contribution >= 4 is 0 Å². The molecule has 1 fully saturated rings. The molecular weight excluding hydrogens is 190 g/mol. The number of nitrogens with zero attached hydrogens (tertiary/aromatic N) is 1. The number of aliphatic hydroxyl groups is 1. The van der Waals surface area contributed by atoms with Crippen LogP contribution in [0.25, 0.3) is 0 Å². The van der Waals surface area contributed by atoms with Gasteiger partial charge in [0.1, 0.15) is 0 Å². The highest BCUT2D eigenvalue weighted by molar-refractivity contribution is 5.14. The molecule has 0 heterocycles. The topological polar surface area (TPSA) is 53.2 Å². The predicted molar refractivity (Wildman–Crippen MR) is 58.2 cm³/mol. The quantitative estimate of drug-likeness (QED) is 0.779. The van der Waals surface area contributed by atoms with E-state index in [1.807, 2.05) is 6.92 Å². The standard InChI is InChI=1S/C12H21NO2/c1-9(14)10(2)15-12(8-13)7-5-6-11(12,3)4/h9-10,14H,5-7H2,1-4H3. The van der Waals surface area contributed by atoms with Crippen molar-refractivity contribution in [1.82, 2.24) is 0 Å². The Balaban J connectivity index is 2.83. The fourth-order valence-corrected chi connectivity index (χ4v) is 2.19. The average molecular weight is 211 g/mol. The molecule has 0 aromatic heterocycles. The summed E-state index contributed by atoms with van der Waals surface area (Å²) in [6.07, 6.45) is 1.97. The summed E-state index contributed by atoms with van der Waals surface area (Å²) in [6.45, 7) is 7.64. The van der Waals surface area contributed by atoms with Crippen molar-refractivity contribution in [3.05, 3.63) is 0 Å². The Labute approximate surface area is 92.0 Å². The monoisotopic (exact) mass is 211 g/mol. The van der Waals surface area contributed by atoms with E-state index < -0.39 is 11.7 Å². The highest BCUT2D eigenvalue weighted by Gasteiger charge is 2.51. The van der Waals surface area contributed by atoms with E-state index in [0.717, 1.165) is 19.3 Å². The highest BCUT2D eigenvalue weighted by atomic mass is 16.5. The molecule has 0 bridgehead atoms. The molecule has 1 saturated carbocycles. The molecule has 3 atom stereocenters. The minimum atomic E-state index is -0.719. The van der Waals surface area contributed by atoms with Gasteiger partial charge in [0.15, 0.2) is 5.60 Å². The van der Waals surface area contributed by atoms with Crippen LogP contribution in [-0.2, 0) is 4.74 Å². The maximum atomic E-state index is 9.43. The van der Waals surface area contributed by atoms with Crippen LogP contribution in [0.2, 0.25) is 0 Å². The van der Waals surface area contributed by atoms with Crippen molar-refractivity contribution in [2.24, 2.45) is 5.41 Å². The van der Waals surface area contributed by atoms with Crippen LogP contribution in [0.15, 0.2) is 0 Å². The fourth-order valence-electron chi connectivity index (χ4n) is 2.19. The number of aliphatic hydroxyl groups excluding tert-OH is 1. The maximum absolute atomic E-state index is 9.43. The SMILES string of the molecule is CC(O)C(C)OC1(C#N)CCCC1(C)C. The predicted octanol–water partition coefficient (Wildman–Crippen LogP) is 2.24. The van der Waals surface area contributed by atoms with Crippen molar-refractivity contribution in [2.45, 2.75) is 64.8 Å². The molecule has 0 saturated heterocycles. The van der Waals surface area contributed by atoms with Gasteiger partial charge in [-0.2, -0.15) is 5.26 Å². The van der Waals surface area contributed by atoms with Gasteiger partial charge in [-0.1, -0.05) is 13.8 Å². The summed E-state index contributed by atoms with van der Waals surface area (Å²) in [5.41, 5.74) is -0.839. The molecule has 0 amide bonds. The lowest BCUT2D eigenvalue weighted by atomic mass is 9.78. The summed E-state index contributed by atoms with van der Waals surface area (Å²) in [5.74, 6) is 0. The van der Waals surface area contributed by atoms with Crippen molar-refractivity contribution in [1.29, 1.82) is 5.26 Å². The second-order valence-corrected chi connectivity index (χ2v) is 5.24. The Kier molecular flexibility index (Phi) is 3.42. The van der Waals surface area contributed by atoms with Gasteiger partial charge in [0.05, 0.1) is 18.3 Å². The molecule has 3 heteroatoms. The summed E-state index contributed by atoms with van der Waals surface area (Å²) in [7, 11) is 0. The average Bonchev–Trinajstić information content (AvgIpc) is 2.42. The van der Waals surface area contributed by atoms with E-state index in [2.05, 4.69) is 19.9 Å². The molecule has 0 aliphatic heterocycles. The molecule has 3 unspecified atom stereocenters. The number of hydrogen-bond acceptors (Lipinski definition) is 3. The first kappa shape index (κ1) is 12.5. The molecule has 0 spiro atoms. The molecule has 1 N–H and O–H groups in total. The first-order chi connectivity index (χ1) is 6.84. The largest absolute Gasteiger partial charge is 0.391 e. The van der Waals surface area contributed by atoms with Crippen LogP contribution < -0.4 is 0 Å². The van der Waals surface area contributed by atoms with E-state index in [1.54, 1.807) is 6.92 Å². The normalized spacial score (nSPS) is 33.3. The van der Waals surface area contributed by atoms with Crippen molar-refractivity contribution in [3.63, 3.8) is 0 Å². The van der Waals surface area contributed by atoms with Gasteiger partial charge in [-0.25, -0.2) is 0 Å². The van der Waals surface area contributed by atoms with Crippen LogP contribution in [0.5, 0.6) is 0 Å².